The number of rotatable bonds is 6. The van der Waals surface area contributed by atoms with E-state index in [1.165, 1.54) is 4.90 Å². The van der Waals surface area contributed by atoms with Crippen molar-refractivity contribution >= 4 is 5.91 Å². The molecule has 0 aliphatic heterocycles. The Kier molecular flexibility index (Phi) is 4.57. The predicted molar refractivity (Wildman–Crippen MR) is 97.8 cm³/mol. The minimum Gasteiger partial charge on any atom is -0.454 e. The summed E-state index contributed by atoms with van der Waals surface area (Å²) in [5, 5.41) is 4.07. The molecular formula is C20H18N4O3. The zero-order chi connectivity index (χ0) is 18.6. The summed E-state index contributed by atoms with van der Waals surface area (Å²) in [5.74, 6) is 1.37. The van der Waals surface area contributed by atoms with Crippen LogP contribution in [0.25, 0.3) is 11.3 Å². The number of furan rings is 1. The van der Waals surface area contributed by atoms with Gasteiger partial charge >= 0.3 is 0 Å². The minimum atomic E-state index is -0.218. The van der Waals surface area contributed by atoms with Crippen LogP contribution in [0.3, 0.4) is 0 Å². The van der Waals surface area contributed by atoms with E-state index in [4.69, 9.17) is 8.94 Å². The van der Waals surface area contributed by atoms with Crippen LogP contribution in [0.5, 0.6) is 0 Å². The maximum atomic E-state index is 12.6. The van der Waals surface area contributed by atoms with Gasteiger partial charge in [-0.1, -0.05) is 35.5 Å². The number of imidazole rings is 1. The molecule has 3 heterocycles. The van der Waals surface area contributed by atoms with Gasteiger partial charge in [0.15, 0.2) is 11.5 Å². The number of carbonyl (C=O) groups excluding carboxylic acids is 1. The van der Waals surface area contributed by atoms with Crippen LogP contribution in [-0.4, -0.2) is 32.6 Å². The van der Waals surface area contributed by atoms with E-state index in [-0.39, 0.29) is 11.7 Å². The van der Waals surface area contributed by atoms with Crippen molar-refractivity contribution in [2.75, 3.05) is 7.05 Å². The molecule has 0 aliphatic carbocycles. The first-order valence-corrected chi connectivity index (χ1v) is 8.50. The fourth-order valence-corrected chi connectivity index (χ4v) is 2.76. The highest BCUT2D eigenvalue weighted by Crippen LogP contribution is 2.20. The number of carbonyl (C=O) groups is 1. The SMILES string of the molecule is CN(Cc1cc(-c2ccccc2)no1)C(=O)c1ccc(Cn2ccnc2)o1. The van der Waals surface area contributed by atoms with E-state index >= 15 is 0 Å². The molecule has 0 saturated heterocycles. The largest absolute Gasteiger partial charge is 0.454 e. The third-order valence-electron chi connectivity index (χ3n) is 4.14. The number of nitrogens with zero attached hydrogens (tertiary/aromatic N) is 4. The zero-order valence-electron chi connectivity index (χ0n) is 14.8. The Balaban J connectivity index is 1.41. The van der Waals surface area contributed by atoms with Crippen molar-refractivity contribution in [1.29, 1.82) is 0 Å². The van der Waals surface area contributed by atoms with Gasteiger partial charge in [-0.2, -0.15) is 0 Å². The second kappa shape index (κ2) is 7.33. The van der Waals surface area contributed by atoms with Crippen molar-refractivity contribution in [2.24, 2.45) is 0 Å². The molecule has 4 rings (SSSR count). The van der Waals surface area contributed by atoms with Crippen LogP contribution >= 0.6 is 0 Å². The van der Waals surface area contributed by atoms with Gasteiger partial charge < -0.3 is 18.4 Å². The van der Waals surface area contributed by atoms with Gasteiger partial charge in [0.05, 0.1) is 19.4 Å². The van der Waals surface area contributed by atoms with Gasteiger partial charge in [0.25, 0.3) is 5.91 Å². The van der Waals surface area contributed by atoms with Crippen molar-refractivity contribution in [1.82, 2.24) is 19.6 Å². The van der Waals surface area contributed by atoms with Crippen LogP contribution in [0.15, 0.2) is 76.2 Å². The molecule has 0 bridgehead atoms. The van der Waals surface area contributed by atoms with Gasteiger partial charge in [0.2, 0.25) is 0 Å². The maximum Gasteiger partial charge on any atom is 0.289 e. The molecule has 27 heavy (non-hydrogen) atoms. The number of hydrogen-bond acceptors (Lipinski definition) is 5. The van der Waals surface area contributed by atoms with E-state index < -0.39 is 0 Å². The molecule has 7 nitrogen and oxygen atoms in total. The lowest BCUT2D eigenvalue weighted by atomic mass is 10.1. The third kappa shape index (κ3) is 3.82. The van der Waals surface area contributed by atoms with E-state index in [2.05, 4.69) is 10.1 Å². The molecule has 136 valence electrons. The molecule has 0 fully saturated rings. The molecule has 0 unspecified atom stereocenters. The Morgan fingerprint density at radius 2 is 2.00 bits per heavy atom. The van der Waals surface area contributed by atoms with E-state index in [1.54, 1.807) is 31.7 Å². The molecule has 1 amide bonds. The zero-order valence-corrected chi connectivity index (χ0v) is 14.8. The minimum absolute atomic E-state index is 0.218. The molecule has 4 aromatic rings. The Hall–Kier alpha value is -3.61. The highest BCUT2D eigenvalue weighted by molar-refractivity contribution is 5.91. The van der Waals surface area contributed by atoms with E-state index in [0.29, 0.717) is 24.6 Å². The Labute approximate surface area is 155 Å². The average Bonchev–Trinajstić information content (AvgIpc) is 3.44. The Morgan fingerprint density at radius 3 is 2.78 bits per heavy atom. The fraction of sp³-hybridized carbons (Fsp3) is 0.150. The van der Waals surface area contributed by atoms with Crippen LogP contribution in [0.1, 0.15) is 22.1 Å². The summed E-state index contributed by atoms with van der Waals surface area (Å²) in [6.45, 7) is 0.829. The van der Waals surface area contributed by atoms with Crippen LogP contribution < -0.4 is 0 Å². The second-order valence-electron chi connectivity index (χ2n) is 6.21. The van der Waals surface area contributed by atoms with E-state index in [1.807, 2.05) is 47.2 Å². The first kappa shape index (κ1) is 16.8. The van der Waals surface area contributed by atoms with E-state index in [9.17, 15) is 4.79 Å². The monoisotopic (exact) mass is 362 g/mol. The standard InChI is InChI=1S/C20H18N4O3/c1-23(12-17-11-18(22-27-17)15-5-3-2-4-6-15)20(25)19-8-7-16(26-19)13-24-10-9-21-14-24/h2-11,14H,12-13H2,1H3. The molecule has 1 aromatic carbocycles. The van der Waals surface area contributed by atoms with Crippen molar-refractivity contribution in [3.63, 3.8) is 0 Å². The molecule has 0 N–H and O–H groups in total. The topological polar surface area (TPSA) is 77.3 Å². The molecule has 0 atom stereocenters. The quantitative estimate of drug-likeness (QED) is 0.525. The lowest BCUT2D eigenvalue weighted by Gasteiger charge is -2.13. The van der Waals surface area contributed by atoms with Crippen LogP contribution in [0.4, 0.5) is 0 Å². The van der Waals surface area contributed by atoms with Gasteiger partial charge in [-0.05, 0) is 12.1 Å². The molecule has 0 radical (unpaired) electrons. The first-order chi connectivity index (χ1) is 13.2. The fourth-order valence-electron chi connectivity index (χ4n) is 2.76. The van der Waals surface area contributed by atoms with Crippen molar-refractivity contribution in [3.05, 3.63) is 84.5 Å². The second-order valence-corrected chi connectivity index (χ2v) is 6.21. The van der Waals surface area contributed by atoms with Gasteiger partial charge in [0.1, 0.15) is 11.5 Å². The summed E-state index contributed by atoms with van der Waals surface area (Å²) in [7, 11) is 1.70. The van der Waals surface area contributed by atoms with Crippen molar-refractivity contribution in [2.45, 2.75) is 13.1 Å². The van der Waals surface area contributed by atoms with E-state index in [0.717, 1.165) is 11.3 Å². The molecule has 7 heteroatoms. The number of aromatic nitrogens is 3. The summed E-state index contributed by atoms with van der Waals surface area (Å²) in [6, 6.07) is 15.1. The molecule has 0 aliphatic rings. The Bertz CT molecular complexity index is 1020. The highest BCUT2D eigenvalue weighted by atomic mass is 16.5. The summed E-state index contributed by atoms with van der Waals surface area (Å²) < 4.78 is 12.9. The summed E-state index contributed by atoms with van der Waals surface area (Å²) in [4.78, 5) is 18.1. The maximum absolute atomic E-state index is 12.6. The van der Waals surface area contributed by atoms with Crippen molar-refractivity contribution in [3.8, 4) is 11.3 Å². The lowest BCUT2D eigenvalue weighted by Crippen LogP contribution is -2.25. The normalized spacial score (nSPS) is 10.9. The first-order valence-electron chi connectivity index (χ1n) is 8.50. The van der Waals surface area contributed by atoms with Gasteiger partial charge in [-0.15, -0.1) is 0 Å². The number of benzene rings is 1. The Morgan fingerprint density at radius 1 is 1.15 bits per heavy atom. The third-order valence-corrected chi connectivity index (χ3v) is 4.14. The average molecular weight is 362 g/mol. The lowest BCUT2D eigenvalue weighted by molar-refractivity contribution is 0.0738. The summed E-state index contributed by atoms with van der Waals surface area (Å²) in [5.41, 5.74) is 1.71. The van der Waals surface area contributed by atoms with Gasteiger partial charge in [-0.3, -0.25) is 4.79 Å². The molecule has 0 spiro atoms. The predicted octanol–water partition coefficient (Wildman–Crippen LogP) is 3.45. The smallest absolute Gasteiger partial charge is 0.289 e. The van der Waals surface area contributed by atoms with Gasteiger partial charge in [-0.25, -0.2) is 4.98 Å². The summed E-state index contributed by atoms with van der Waals surface area (Å²) >= 11 is 0. The van der Waals surface area contributed by atoms with Crippen LogP contribution in [0, 0.1) is 0 Å². The molecule has 3 aromatic heterocycles. The van der Waals surface area contributed by atoms with Crippen LogP contribution in [-0.2, 0) is 13.1 Å². The van der Waals surface area contributed by atoms with Crippen LogP contribution in [0.2, 0.25) is 0 Å². The van der Waals surface area contributed by atoms with Gasteiger partial charge in [0, 0.05) is 31.1 Å². The molecular weight excluding hydrogens is 344 g/mol. The number of amides is 1. The summed E-state index contributed by atoms with van der Waals surface area (Å²) in [6.07, 6.45) is 5.23. The van der Waals surface area contributed by atoms with Crippen molar-refractivity contribution < 1.29 is 13.7 Å². The molecule has 0 saturated carbocycles. The number of hydrogen-bond donors (Lipinski definition) is 0. The highest BCUT2D eigenvalue weighted by Gasteiger charge is 2.18.